The summed E-state index contributed by atoms with van der Waals surface area (Å²) in [4.78, 5) is 11.9. The first-order valence-corrected chi connectivity index (χ1v) is 7.93. The summed E-state index contributed by atoms with van der Waals surface area (Å²) < 4.78 is 23.9. The molecule has 0 aliphatic heterocycles. The van der Waals surface area contributed by atoms with Crippen molar-refractivity contribution in [2.75, 3.05) is 0 Å². The fraction of sp³-hybridized carbons (Fsp3) is 0. The zero-order valence-electron chi connectivity index (χ0n) is 11.4. The predicted molar refractivity (Wildman–Crippen MR) is 84.1 cm³/mol. The van der Waals surface area contributed by atoms with Gasteiger partial charge in [0.2, 0.25) is 0 Å². The Morgan fingerprint density at radius 2 is 1.87 bits per heavy atom. The fourth-order valence-electron chi connectivity index (χ4n) is 1.59. The van der Waals surface area contributed by atoms with Crippen molar-refractivity contribution in [3.8, 4) is 5.75 Å². The second-order valence-corrected chi connectivity index (χ2v) is 6.40. The first kappa shape index (κ1) is 16.7. The van der Waals surface area contributed by atoms with E-state index in [2.05, 4.69) is 5.10 Å². The minimum Gasteiger partial charge on any atom is -0.507 e. The number of hydrogen-bond donors (Lipinski definition) is 2. The van der Waals surface area contributed by atoms with E-state index < -0.39 is 14.9 Å². The summed E-state index contributed by atoms with van der Waals surface area (Å²) in [6.45, 7) is 0. The Morgan fingerprint density at radius 3 is 2.48 bits per heavy atom. The molecule has 8 nitrogen and oxygen atoms in total. The van der Waals surface area contributed by atoms with Gasteiger partial charge in [-0.2, -0.15) is 13.5 Å². The van der Waals surface area contributed by atoms with Gasteiger partial charge in [-0.25, -0.2) is 4.83 Å². The standard InChI is InChI=1S/C13H10ClN3O5S/c14-10-1-4-12(5-2-10)23(21,22)16-15-8-9-7-11(17(19)20)3-6-13(9)18/h1-8,16,18H. The monoisotopic (exact) mass is 355 g/mol. The Labute approximate surface area is 136 Å². The molecule has 0 atom stereocenters. The van der Waals surface area contributed by atoms with E-state index in [1.54, 1.807) is 0 Å². The largest absolute Gasteiger partial charge is 0.507 e. The van der Waals surface area contributed by atoms with Crippen LogP contribution in [0.15, 0.2) is 52.5 Å². The van der Waals surface area contributed by atoms with Crippen LogP contribution in [0.5, 0.6) is 5.75 Å². The lowest BCUT2D eigenvalue weighted by molar-refractivity contribution is -0.384. The van der Waals surface area contributed by atoms with E-state index in [9.17, 15) is 23.6 Å². The number of phenolic OH excluding ortho intramolecular Hbond substituents is 1. The molecule has 0 amide bonds. The highest BCUT2D eigenvalue weighted by Crippen LogP contribution is 2.21. The van der Waals surface area contributed by atoms with E-state index in [0.717, 1.165) is 24.4 Å². The fourth-order valence-corrected chi connectivity index (χ4v) is 2.51. The molecule has 0 aliphatic rings. The Balaban J connectivity index is 2.19. The lowest BCUT2D eigenvalue weighted by Crippen LogP contribution is -2.18. The molecule has 2 rings (SSSR count). The molecule has 0 aromatic heterocycles. The van der Waals surface area contributed by atoms with Crippen LogP contribution in [0.4, 0.5) is 5.69 Å². The highest BCUT2D eigenvalue weighted by atomic mass is 35.5. The maximum atomic E-state index is 12.0. The summed E-state index contributed by atoms with van der Waals surface area (Å²) in [6.07, 6.45) is 0.968. The van der Waals surface area contributed by atoms with Gasteiger partial charge in [-0.15, -0.1) is 0 Å². The molecule has 0 heterocycles. The number of nitro benzene ring substituents is 1. The zero-order chi connectivity index (χ0) is 17.0. The minimum atomic E-state index is -3.91. The molecule has 2 aromatic rings. The summed E-state index contributed by atoms with van der Waals surface area (Å²) in [5.41, 5.74) is -0.261. The number of aromatic hydroxyl groups is 1. The second-order valence-electron chi connectivity index (χ2n) is 4.31. The van der Waals surface area contributed by atoms with Crippen molar-refractivity contribution in [1.82, 2.24) is 4.83 Å². The van der Waals surface area contributed by atoms with Gasteiger partial charge in [0.15, 0.2) is 0 Å². The van der Waals surface area contributed by atoms with Crippen molar-refractivity contribution in [2.45, 2.75) is 4.90 Å². The van der Waals surface area contributed by atoms with Crippen molar-refractivity contribution in [3.63, 3.8) is 0 Å². The van der Waals surface area contributed by atoms with E-state index in [1.165, 1.54) is 24.3 Å². The first-order valence-electron chi connectivity index (χ1n) is 6.07. The topological polar surface area (TPSA) is 122 Å². The summed E-state index contributed by atoms with van der Waals surface area (Å²) in [5.74, 6) is -0.273. The first-order chi connectivity index (χ1) is 10.8. The summed E-state index contributed by atoms with van der Waals surface area (Å²) in [6, 6.07) is 8.71. The third kappa shape index (κ3) is 4.18. The van der Waals surface area contributed by atoms with Crippen LogP contribution in [0.25, 0.3) is 0 Å². The molecule has 2 aromatic carbocycles. The van der Waals surface area contributed by atoms with Crippen LogP contribution in [-0.2, 0) is 10.0 Å². The third-order valence-corrected chi connectivity index (χ3v) is 4.21. The Hall–Kier alpha value is -2.65. The number of non-ortho nitro benzene ring substituents is 1. The van der Waals surface area contributed by atoms with Crippen molar-refractivity contribution in [2.24, 2.45) is 5.10 Å². The predicted octanol–water partition coefficient (Wildman–Crippen LogP) is 2.27. The smallest absolute Gasteiger partial charge is 0.276 e. The Morgan fingerprint density at radius 1 is 1.22 bits per heavy atom. The van der Waals surface area contributed by atoms with Gasteiger partial charge in [0.1, 0.15) is 5.75 Å². The van der Waals surface area contributed by atoms with E-state index in [0.29, 0.717) is 5.02 Å². The highest BCUT2D eigenvalue weighted by molar-refractivity contribution is 7.89. The third-order valence-electron chi connectivity index (χ3n) is 2.72. The van der Waals surface area contributed by atoms with Crippen LogP contribution in [0.3, 0.4) is 0 Å². The number of sulfonamides is 1. The van der Waals surface area contributed by atoms with Crippen LogP contribution in [0.2, 0.25) is 5.02 Å². The molecule has 0 saturated carbocycles. The minimum absolute atomic E-state index is 0.00185. The molecule has 23 heavy (non-hydrogen) atoms. The maximum Gasteiger partial charge on any atom is 0.276 e. The molecule has 0 unspecified atom stereocenters. The van der Waals surface area contributed by atoms with E-state index in [1.807, 2.05) is 4.83 Å². The SMILES string of the molecule is O=[N+]([O-])c1ccc(O)c(C=NNS(=O)(=O)c2ccc(Cl)cc2)c1. The lowest BCUT2D eigenvalue weighted by Gasteiger charge is -2.03. The number of rotatable bonds is 5. The van der Waals surface area contributed by atoms with Gasteiger partial charge < -0.3 is 5.11 Å². The van der Waals surface area contributed by atoms with Crippen LogP contribution in [-0.4, -0.2) is 24.7 Å². The summed E-state index contributed by atoms with van der Waals surface area (Å²) >= 11 is 5.68. The Bertz CT molecular complexity index is 866. The molecular formula is C13H10ClN3O5S. The molecule has 0 spiro atoms. The van der Waals surface area contributed by atoms with E-state index in [4.69, 9.17) is 11.6 Å². The number of benzene rings is 2. The average Bonchev–Trinajstić information content (AvgIpc) is 2.49. The number of nitrogens with zero attached hydrogens (tertiary/aromatic N) is 2. The van der Waals surface area contributed by atoms with Crippen LogP contribution >= 0.6 is 11.6 Å². The number of phenols is 1. The van der Waals surface area contributed by atoms with Crippen molar-refractivity contribution in [1.29, 1.82) is 0 Å². The molecule has 0 fully saturated rings. The quantitative estimate of drug-likeness (QED) is 0.484. The molecule has 0 aliphatic carbocycles. The normalized spacial score (nSPS) is 11.5. The number of hydrazone groups is 1. The van der Waals surface area contributed by atoms with Gasteiger partial charge in [0.25, 0.3) is 15.7 Å². The van der Waals surface area contributed by atoms with E-state index >= 15 is 0 Å². The molecular weight excluding hydrogens is 346 g/mol. The molecule has 2 N–H and O–H groups in total. The Kier molecular flexibility index (Phi) is 4.82. The number of nitrogens with one attached hydrogen (secondary N) is 1. The lowest BCUT2D eigenvalue weighted by atomic mass is 10.2. The number of hydrogen-bond acceptors (Lipinski definition) is 6. The van der Waals surface area contributed by atoms with Gasteiger partial charge in [-0.05, 0) is 30.3 Å². The molecule has 0 saturated heterocycles. The maximum absolute atomic E-state index is 12.0. The van der Waals surface area contributed by atoms with Crippen LogP contribution < -0.4 is 4.83 Å². The number of nitro groups is 1. The average molecular weight is 356 g/mol. The van der Waals surface area contributed by atoms with Gasteiger partial charge in [0, 0.05) is 22.7 Å². The molecule has 120 valence electrons. The molecule has 0 bridgehead atoms. The van der Waals surface area contributed by atoms with Gasteiger partial charge in [-0.3, -0.25) is 10.1 Å². The van der Waals surface area contributed by atoms with Crippen LogP contribution in [0, 0.1) is 10.1 Å². The second kappa shape index (κ2) is 6.63. The van der Waals surface area contributed by atoms with Crippen LogP contribution in [0.1, 0.15) is 5.56 Å². The van der Waals surface area contributed by atoms with Gasteiger partial charge in [-0.1, -0.05) is 11.6 Å². The summed E-state index contributed by atoms with van der Waals surface area (Å²) in [5, 5.41) is 24.1. The molecule has 10 heteroatoms. The highest BCUT2D eigenvalue weighted by Gasteiger charge is 2.13. The van der Waals surface area contributed by atoms with Gasteiger partial charge >= 0.3 is 0 Å². The number of halogens is 1. The van der Waals surface area contributed by atoms with Crippen molar-refractivity contribution < 1.29 is 18.4 Å². The van der Waals surface area contributed by atoms with E-state index in [-0.39, 0.29) is 21.9 Å². The van der Waals surface area contributed by atoms with Gasteiger partial charge in [0.05, 0.1) is 16.0 Å². The zero-order valence-corrected chi connectivity index (χ0v) is 13.0. The van der Waals surface area contributed by atoms with Crippen molar-refractivity contribution in [3.05, 3.63) is 63.2 Å². The van der Waals surface area contributed by atoms with Crippen molar-refractivity contribution >= 4 is 33.5 Å². The summed E-state index contributed by atoms with van der Waals surface area (Å²) in [7, 11) is -3.91. The molecule has 0 radical (unpaired) electrons.